The van der Waals surface area contributed by atoms with Gasteiger partial charge in [-0.1, -0.05) is 0 Å². The number of fused-ring (bicyclic) bond motifs is 1. The number of rotatable bonds is 3. The van der Waals surface area contributed by atoms with Gasteiger partial charge in [0.05, 0.1) is 24.3 Å². The van der Waals surface area contributed by atoms with Gasteiger partial charge >= 0.3 is 0 Å². The number of methoxy groups -OCH3 is 1. The minimum atomic E-state index is -3.98. The number of hydrogen-bond acceptors (Lipinski definition) is 6. The summed E-state index contributed by atoms with van der Waals surface area (Å²) in [5.74, 6) is 0.704. The van der Waals surface area contributed by atoms with Gasteiger partial charge in [-0.05, 0) is 30.3 Å². The Morgan fingerprint density at radius 3 is 2.54 bits per heavy atom. The Balaban J connectivity index is 2.10. The fourth-order valence-corrected chi connectivity index (χ4v) is 4.03. The van der Waals surface area contributed by atoms with Gasteiger partial charge in [-0.3, -0.25) is 14.4 Å². The third-order valence-corrected chi connectivity index (χ3v) is 5.47. The zero-order chi connectivity index (χ0) is 17.3. The van der Waals surface area contributed by atoms with E-state index in [4.69, 9.17) is 9.47 Å². The molecule has 1 heterocycles. The highest BCUT2D eigenvalue weighted by molar-refractivity contribution is 7.93. The van der Waals surface area contributed by atoms with E-state index in [-0.39, 0.29) is 29.5 Å². The Morgan fingerprint density at radius 1 is 1.21 bits per heavy atom. The molecule has 0 unspecified atom stereocenters. The van der Waals surface area contributed by atoms with E-state index < -0.39 is 14.9 Å². The average molecular weight is 350 g/mol. The first kappa shape index (κ1) is 16.1. The summed E-state index contributed by atoms with van der Waals surface area (Å²) in [6, 6.07) is 10.1. The lowest BCUT2D eigenvalue weighted by atomic mass is 10.3. The Labute approximate surface area is 138 Å². The third kappa shape index (κ3) is 2.73. The van der Waals surface area contributed by atoms with E-state index >= 15 is 0 Å². The van der Waals surface area contributed by atoms with E-state index in [1.807, 2.05) is 0 Å². The lowest BCUT2D eigenvalue weighted by Crippen LogP contribution is -2.32. The van der Waals surface area contributed by atoms with Crippen molar-refractivity contribution in [1.82, 2.24) is 0 Å². The van der Waals surface area contributed by atoms with Crippen molar-refractivity contribution in [2.24, 2.45) is 0 Å². The van der Waals surface area contributed by atoms with Crippen LogP contribution in [-0.4, -0.2) is 33.6 Å². The van der Waals surface area contributed by atoms with Crippen molar-refractivity contribution in [1.29, 1.82) is 0 Å². The van der Waals surface area contributed by atoms with Crippen LogP contribution in [0.25, 0.3) is 0 Å². The first-order valence-corrected chi connectivity index (χ1v) is 8.45. The molecule has 1 aliphatic heterocycles. The fourth-order valence-electron chi connectivity index (χ4n) is 2.42. The van der Waals surface area contributed by atoms with E-state index in [9.17, 15) is 18.5 Å². The Morgan fingerprint density at radius 2 is 1.92 bits per heavy atom. The summed E-state index contributed by atoms with van der Waals surface area (Å²) in [4.78, 5) is 10.1. The van der Waals surface area contributed by atoms with Crippen LogP contribution in [0.5, 0.6) is 11.5 Å². The molecule has 9 heteroatoms. The molecule has 0 spiro atoms. The molecular weight excluding hydrogens is 336 g/mol. The number of anilines is 1. The fraction of sp³-hybridized carbons (Fsp3) is 0.200. The quantitative estimate of drug-likeness (QED) is 0.621. The molecule has 3 rings (SSSR count). The number of benzene rings is 2. The van der Waals surface area contributed by atoms with E-state index in [0.717, 1.165) is 6.07 Å². The zero-order valence-corrected chi connectivity index (χ0v) is 13.5. The minimum absolute atomic E-state index is 0.0944. The van der Waals surface area contributed by atoms with E-state index in [2.05, 4.69) is 0 Å². The monoisotopic (exact) mass is 350 g/mol. The van der Waals surface area contributed by atoms with Crippen molar-refractivity contribution >= 4 is 21.4 Å². The van der Waals surface area contributed by atoms with Crippen molar-refractivity contribution in [3.05, 3.63) is 52.6 Å². The number of hydrogen-bond donors (Lipinski definition) is 0. The summed E-state index contributed by atoms with van der Waals surface area (Å²) >= 11 is 0. The first-order chi connectivity index (χ1) is 11.4. The second-order valence-electron chi connectivity index (χ2n) is 5.01. The van der Waals surface area contributed by atoms with Crippen molar-refractivity contribution in [2.75, 3.05) is 24.6 Å². The Bertz CT molecular complexity index is 879. The number of nitro groups is 1. The standard InChI is InChI=1S/C15H14N2O6S/c1-22-13-5-2-11(3-6-13)16-8-9-23-14-7-4-12(17(18)19)10-15(14)24(16,20)21/h2-7,10H,8-9H2,1H3. The summed E-state index contributed by atoms with van der Waals surface area (Å²) in [5.41, 5.74) is 0.122. The van der Waals surface area contributed by atoms with E-state index in [1.165, 1.54) is 23.5 Å². The molecular formula is C15H14N2O6S. The number of non-ortho nitro benzene ring substituents is 1. The van der Waals surface area contributed by atoms with Crippen molar-refractivity contribution in [3.63, 3.8) is 0 Å². The van der Waals surface area contributed by atoms with Crippen LogP contribution in [0.4, 0.5) is 11.4 Å². The molecule has 0 amide bonds. The first-order valence-electron chi connectivity index (χ1n) is 7.01. The normalized spacial score (nSPS) is 15.8. The smallest absolute Gasteiger partial charge is 0.271 e. The van der Waals surface area contributed by atoms with Gasteiger partial charge in [-0.2, -0.15) is 0 Å². The summed E-state index contributed by atoms with van der Waals surface area (Å²) < 4.78 is 37.6. The summed E-state index contributed by atoms with van der Waals surface area (Å²) in [6.45, 7) is 0.229. The van der Waals surface area contributed by atoms with Crippen LogP contribution in [0.3, 0.4) is 0 Å². The number of sulfonamides is 1. The Hall–Kier alpha value is -2.81. The minimum Gasteiger partial charge on any atom is -0.497 e. The van der Waals surface area contributed by atoms with Gasteiger partial charge < -0.3 is 9.47 Å². The molecule has 24 heavy (non-hydrogen) atoms. The summed E-state index contributed by atoms with van der Waals surface area (Å²) in [5, 5.41) is 10.9. The molecule has 1 aliphatic rings. The van der Waals surface area contributed by atoms with Crippen LogP contribution in [0, 0.1) is 10.1 Å². The van der Waals surface area contributed by atoms with E-state index in [0.29, 0.717) is 11.4 Å². The Kier molecular flexibility index (Phi) is 4.02. The highest BCUT2D eigenvalue weighted by atomic mass is 32.2. The highest BCUT2D eigenvalue weighted by Crippen LogP contribution is 2.35. The van der Waals surface area contributed by atoms with Crippen LogP contribution in [0.2, 0.25) is 0 Å². The van der Waals surface area contributed by atoms with Crippen LogP contribution in [-0.2, 0) is 10.0 Å². The predicted molar refractivity (Wildman–Crippen MR) is 86.1 cm³/mol. The van der Waals surface area contributed by atoms with Gasteiger partial charge in [-0.15, -0.1) is 0 Å². The number of nitro benzene ring substituents is 1. The molecule has 0 bridgehead atoms. The molecule has 126 valence electrons. The van der Waals surface area contributed by atoms with Gasteiger partial charge in [0, 0.05) is 12.1 Å². The maximum atomic E-state index is 12.9. The van der Waals surface area contributed by atoms with Gasteiger partial charge in [0.1, 0.15) is 23.0 Å². The highest BCUT2D eigenvalue weighted by Gasteiger charge is 2.32. The molecule has 2 aromatic rings. The topological polar surface area (TPSA) is 99.0 Å². The van der Waals surface area contributed by atoms with Gasteiger partial charge in [0.25, 0.3) is 15.7 Å². The van der Waals surface area contributed by atoms with E-state index in [1.54, 1.807) is 24.3 Å². The maximum absolute atomic E-state index is 12.9. The predicted octanol–water partition coefficient (Wildman–Crippen LogP) is 2.19. The van der Waals surface area contributed by atoms with Crippen molar-refractivity contribution in [3.8, 4) is 11.5 Å². The molecule has 0 N–H and O–H groups in total. The van der Waals surface area contributed by atoms with Gasteiger partial charge in [0.2, 0.25) is 0 Å². The molecule has 0 aliphatic carbocycles. The van der Waals surface area contributed by atoms with Crippen LogP contribution in [0.1, 0.15) is 0 Å². The number of ether oxygens (including phenoxy) is 2. The number of nitrogens with zero attached hydrogens (tertiary/aromatic N) is 2. The summed E-state index contributed by atoms with van der Waals surface area (Å²) in [6.07, 6.45) is 0. The second-order valence-corrected chi connectivity index (χ2v) is 6.84. The molecule has 8 nitrogen and oxygen atoms in total. The average Bonchev–Trinajstić information content (AvgIpc) is 2.71. The zero-order valence-electron chi connectivity index (χ0n) is 12.7. The van der Waals surface area contributed by atoms with Crippen molar-refractivity contribution in [2.45, 2.75) is 4.90 Å². The lowest BCUT2D eigenvalue weighted by Gasteiger charge is -2.21. The molecule has 0 saturated carbocycles. The molecule has 0 radical (unpaired) electrons. The largest absolute Gasteiger partial charge is 0.497 e. The van der Waals surface area contributed by atoms with Gasteiger partial charge in [-0.25, -0.2) is 8.42 Å². The molecule has 0 atom stereocenters. The molecule has 2 aromatic carbocycles. The lowest BCUT2D eigenvalue weighted by molar-refractivity contribution is -0.385. The van der Waals surface area contributed by atoms with Crippen LogP contribution in [0.15, 0.2) is 47.4 Å². The van der Waals surface area contributed by atoms with Gasteiger partial charge in [0.15, 0.2) is 0 Å². The van der Waals surface area contributed by atoms with Crippen LogP contribution >= 0.6 is 0 Å². The maximum Gasteiger partial charge on any atom is 0.271 e. The molecule has 0 saturated heterocycles. The second kappa shape index (κ2) is 6.00. The third-order valence-electron chi connectivity index (χ3n) is 3.62. The molecule has 0 aromatic heterocycles. The van der Waals surface area contributed by atoms with Crippen LogP contribution < -0.4 is 13.8 Å². The SMILES string of the molecule is COc1ccc(N2CCOc3ccc([N+](=O)[O-])cc3S2(=O)=O)cc1. The van der Waals surface area contributed by atoms with Crippen molar-refractivity contribution < 1.29 is 22.8 Å². The molecule has 0 fully saturated rings. The summed E-state index contributed by atoms with van der Waals surface area (Å²) in [7, 11) is -2.47.